The molecule has 0 aliphatic carbocycles. The first-order valence-electron chi connectivity index (χ1n) is 30.9. The third-order valence-electron chi connectivity index (χ3n) is 15.5. The van der Waals surface area contributed by atoms with Gasteiger partial charge in [0.2, 0.25) is 5.91 Å². The summed E-state index contributed by atoms with van der Waals surface area (Å²) < 4.78 is 22.8. The van der Waals surface area contributed by atoms with Crippen LogP contribution < -0.4 is 5.32 Å². The number of carbonyl (C=O) groups excluding carboxylic acids is 1. The second kappa shape index (κ2) is 46.6. The maximum atomic E-state index is 13.3. The smallest absolute Gasteiger partial charge is 0.220 e. The number of rotatable bonds is 50. The van der Waals surface area contributed by atoms with Gasteiger partial charge in [-0.2, -0.15) is 0 Å². The largest absolute Gasteiger partial charge is 0.394 e. The summed E-state index contributed by atoms with van der Waals surface area (Å²) in [6.45, 7) is 2.88. The first-order chi connectivity index (χ1) is 36.1. The lowest BCUT2D eigenvalue weighted by atomic mass is 9.97. The van der Waals surface area contributed by atoms with Crippen LogP contribution in [0.5, 0.6) is 0 Å². The lowest BCUT2D eigenvalue weighted by Gasteiger charge is -2.46. The Morgan fingerprint density at radius 2 is 0.851 bits per heavy atom. The minimum atomic E-state index is -1.78. The monoisotopic (exact) mass is 1060 g/mol. The zero-order valence-corrected chi connectivity index (χ0v) is 47.1. The highest BCUT2D eigenvalue weighted by molar-refractivity contribution is 5.76. The molecule has 2 fully saturated rings. The summed E-state index contributed by atoms with van der Waals surface area (Å²) in [5.74, 6) is -0.203. The fraction of sp³-hybridized carbons (Fsp3) is 0.950. The molecular formula is C60H115NO13. The third kappa shape index (κ3) is 32.0. The SMILES string of the molecule is CCCCCCCCCC/C=C\CCCCCCCCCCCCCCCCCC(=O)NC(COC1OC(CO)C(OC2OC(CO)C(O)C(O)C2O)C(O)C1O)C(O)CCCCCCCCCCCCCCC. The van der Waals surface area contributed by atoms with E-state index in [9.17, 15) is 45.6 Å². The second-order valence-electron chi connectivity index (χ2n) is 22.2. The lowest BCUT2D eigenvalue weighted by Crippen LogP contribution is -2.65. The lowest BCUT2D eigenvalue weighted by molar-refractivity contribution is -0.359. The van der Waals surface area contributed by atoms with Crippen molar-refractivity contribution in [1.82, 2.24) is 5.32 Å². The Morgan fingerprint density at radius 1 is 0.473 bits per heavy atom. The molecule has 0 saturated carbocycles. The zero-order valence-electron chi connectivity index (χ0n) is 47.1. The van der Waals surface area contributed by atoms with E-state index in [0.717, 1.165) is 51.4 Å². The average molecular weight is 1060 g/mol. The van der Waals surface area contributed by atoms with Crippen molar-refractivity contribution >= 4 is 5.91 Å². The Kier molecular flexibility index (Phi) is 43.4. The summed E-state index contributed by atoms with van der Waals surface area (Å²) in [4.78, 5) is 13.3. The molecule has 1 amide bonds. The Bertz CT molecular complexity index is 1290. The van der Waals surface area contributed by atoms with Gasteiger partial charge < -0.3 is 65.1 Å². The van der Waals surface area contributed by atoms with Crippen LogP contribution in [0.2, 0.25) is 0 Å². The quantitative estimate of drug-likeness (QED) is 0.0204. The molecule has 14 nitrogen and oxygen atoms in total. The van der Waals surface area contributed by atoms with Crippen LogP contribution in [0.1, 0.15) is 271 Å². The summed E-state index contributed by atoms with van der Waals surface area (Å²) in [5, 5.41) is 87.2. The summed E-state index contributed by atoms with van der Waals surface area (Å²) >= 11 is 0. The third-order valence-corrected chi connectivity index (χ3v) is 15.5. The summed E-state index contributed by atoms with van der Waals surface area (Å²) in [6, 6.07) is -0.824. The standard InChI is InChI=1S/C60H115NO13/c1-3-5-7-9-11-13-15-17-18-19-20-21-22-23-24-25-26-27-28-29-30-32-34-36-38-40-42-44-52(65)61-48(49(64)43-41-39-37-35-33-31-16-14-12-10-8-6-4-2)47-71-59-57(70)55(68)58(51(46-63)73-59)74-60-56(69)54(67)53(66)50(45-62)72-60/h19-20,48-51,53-60,62-64,66-70H,3-18,21-47H2,1-2H3,(H,61,65)/b20-19-. The van der Waals surface area contributed by atoms with E-state index in [1.54, 1.807) is 0 Å². The van der Waals surface area contributed by atoms with Crippen molar-refractivity contribution in [2.75, 3.05) is 19.8 Å². The van der Waals surface area contributed by atoms with E-state index in [2.05, 4.69) is 31.3 Å². The fourth-order valence-corrected chi connectivity index (χ4v) is 10.5. The molecule has 0 aromatic rings. The van der Waals surface area contributed by atoms with Gasteiger partial charge in [0.05, 0.1) is 32.0 Å². The van der Waals surface area contributed by atoms with Crippen LogP contribution >= 0.6 is 0 Å². The molecule has 0 bridgehead atoms. The van der Waals surface area contributed by atoms with Crippen molar-refractivity contribution in [2.24, 2.45) is 0 Å². The van der Waals surface area contributed by atoms with Gasteiger partial charge in [-0.15, -0.1) is 0 Å². The van der Waals surface area contributed by atoms with E-state index in [-0.39, 0.29) is 12.5 Å². The highest BCUT2D eigenvalue weighted by Gasteiger charge is 2.51. The van der Waals surface area contributed by atoms with E-state index >= 15 is 0 Å². The van der Waals surface area contributed by atoms with Gasteiger partial charge in [-0.25, -0.2) is 0 Å². The molecule has 9 N–H and O–H groups in total. The van der Waals surface area contributed by atoms with Crippen LogP contribution in [0.4, 0.5) is 0 Å². The molecule has 2 aliphatic heterocycles. The predicted molar refractivity (Wildman–Crippen MR) is 295 cm³/mol. The van der Waals surface area contributed by atoms with E-state index in [1.165, 1.54) is 193 Å². The van der Waals surface area contributed by atoms with Crippen molar-refractivity contribution in [1.29, 1.82) is 0 Å². The van der Waals surface area contributed by atoms with Crippen LogP contribution in [-0.2, 0) is 23.7 Å². The molecule has 0 aromatic carbocycles. The molecule has 12 atom stereocenters. The minimum absolute atomic E-state index is 0.203. The van der Waals surface area contributed by atoms with Crippen molar-refractivity contribution in [3.05, 3.63) is 12.2 Å². The fourth-order valence-electron chi connectivity index (χ4n) is 10.5. The number of allylic oxidation sites excluding steroid dienone is 2. The van der Waals surface area contributed by atoms with E-state index in [4.69, 9.17) is 18.9 Å². The molecule has 2 heterocycles. The minimum Gasteiger partial charge on any atom is -0.394 e. The van der Waals surface area contributed by atoms with Gasteiger partial charge in [0, 0.05) is 6.42 Å². The van der Waals surface area contributed by atoms with Gasteiger partial charge >= 0.3 is 0 Å². The van der Waals surface area contributed by atoms with Crippen molar-refractivity contribution in [3.8, 4) is 0 Å². The Morgan fingerprint density at radius 3 is 1.28 bits per heavy atom. The van der Waals surface area contributed by atoms with Gasteiger partial charge in [-0.3, -0.25) is 4.79 Å². The first-order valence-corrected chi connectivity index (χ1v) is 30.9. The van der Waals surface area contributed by atoms with Crippen LogP contribution in [0.15, 0.2) is 12.2 Å². The van der Waals surface area contributed by atoms with Gasteiger partial charge in [0.15, 0.2) is 12.6 Å². The van der Waals surface area contributed by atoms with Gasteiger partial charge in [0.25, 0.3) is 0 Å². The van der Waals surface area contributed by atoms with Crippen molar-refractivity contribution in [2.45, 2.75) is 344 Å². The highest BCUT2D eigenvalue weighted by atomic mass is 16.7. The topological polar surface area (TPSA) is 228 Å². The number of amides is 1. The summed E-state index contributed by atoms with van der Waals surface area (Å²) in [7, 11) is 0. The number of aliphatic hydroxyl groups is 8. The highest BCUT2D eigenvalue weighted by Crippen LogP contribution is 2.30. The molecule has 0 radical (unpaired) electrons. The van der Waals surface area contributed by atoms with E-state index in [0.29, 0.717) is 12.8 Å². The number of hydrogen-bond acceptors (Lipinski definition) is 13. The number of unbranched alkanes of at least 4 members (excludes halogenated alkanes) is 35. The Labute approximate surface area is 450 Å². The van der Waals surface area contributed by atoms with Crippen molar-refractivity contribution < 1.29 is 64.6 Å². The molecule has 14 heteroatoms. The predicted octanol–water partition coefficient (Wildman–Crippen LogP) is 10.7. The molecule has 74 heavy (non-hydrogen) atoms. The number of nitrogens with one attached hydrogen (secondary N) is 1. The zero-order chi connectivity index (χ0) is 53.9. The van der Waals surface area contributed by atoms with E-state index < -0.39 is 86.8 Å². The summed E-state index contributed by atoms with van der Waals surface area (Å²) in [5.41, 5.74) is 0. The molecule has 438 valence electrons. The molecule has 12 unspecified atom stereocenters. The Balaban J connectivity index is 1.67. The average Bonchev–Trinajstić information content (AvgIpc) is 3.40. The van der Waals surface area contributed by atoms with Gasteiger partial charge in [-0.05, 0) is 38.5 Å². The molecule has 2 saturated heterocycles. The molecule has 2 aliphatic rings. The number of carbonyl (C=O) groups is 1. The van der Waals surface area contributed by atoms with Crippen LogP contribution in [0.3, 0.4) is 0 Å². The van der Waals surface area contributed by atoms with Gasteiger partial charge in [-0.1, -0.05) is 238 Å². The van der Waals surface area contributed by atoms with E-state index in [1.807, 2.05) is 0 Å². The van der Waals surface area contributed by atoms with Gasteiger partial charge in [0.1, 0.15) is 48.8 Å². The normalized spacial score (nSPS) is 25.2. The van der Waals surface area contributed by atoms with Crippen molar-refractivity contribution in [3.63, 3.8) is 0 Å². The molecule has 0 aromatic heterocycles. The molecular weight excluding hydrogens is 943 g/mol. The maximum Gasteiger partial charge on any atom is 0.220 e. The number of ether oxygens (including phenoxy) is 4. The molecule has 2 rings (SSSR count). The van der Waals surface area contributed by atoms with Crippen LogP contribution in [-0.4, -0.2) is 140 Å². The maximum absolute atomic E-state index is 13.3. The number of aliphatic hydroxyl groups excluding tert-OH is 8. The summed E-state index contributed by atoms with van der Waals surface area (Å²) in [6.07, 6.45) is 36.5. The van der Waals surface area contributed by atoms with Crippen LogP contribution in [0.25, 0.3) is 0 Å². The Hall–Kier alpha value is -1.27. The second-order valence-corrected chi connectivity index (χ2v) is 22.2. The first kappa shape index (κ1) is 68.8. The van der Waals surface area contributed by atoms with Crippen LogP contribution in [0, 0.1) is 0 Å². The molecule has 0 spiro atoms. The number of hydrogen-bond donors (Lipinski definition) is 9.